The number of nitrogens with zero attached hydrogens (tertiary/aromatic N) is 2. The Labute approximate surface area is 199 Å². The maximum absolute atomic E-state index is 13.2. The molecule has 3 aromatic rings. The van der Waals surface area contributed by atoms with Gasteiger partial charge >= 0.3 is 5.97 Å². The topological polar surface area (TPSA) is 171 Å². The monoisotopic (exact) mass is 480 g/mol. The number of carbonyl (C=O) groups excluding carboxylic acids is 2. The number of hydrogen-bond acceptors (Lipinski definition) is 7. The molecule has 35 heavy (non-hydrogen) atoms. The molecule has 0 aliphatic carbocycles. The van der Waals surface area contributed by atoms with Gasteiger partial charge in [-0.25, -0.2) is 4.57 Å². The lowest BCUT2D eigenvalue weighted by Gasteiger charge is -2.20. The average Bonchev–Trinajstić information content (AvgIpc) is 2.78. The number of aromatic hydroxyl groups is 2. The van der Waals surface area contributed by atoms with Crippen molar-refractivity contribution in [3.05, 3.63) is 75.8 Å². The van der Waals surface area contributed by atoms with E-state index >= 15 is 0 Å². The van der Waals surface area contributed by atoms with Gasteiger partial charge in [0.15, 0.2) is 5.75 Å². The lowest BCUT2D eigenvalue weighted by Crippen LogP contribution is -2.36. The molecule has 0 aliphatic rings. The van der Waals surface area contributed by atoms with Crippen LogP contribution in [0.4, 0.5) is 5.69 Å². The second-order valence-electron chi connectivity index (χ2n) is 8.63. The Morgan fingerprint density at radius 1 is 1.00 bits per heavy atom. The van der Waals surface area contributed by atoms with Crippen LogP contribution in [0.25, 0.3) is 5.69 Å². The zero-order chi connectivity index (χ0) is 25.9. The number of benzene rings is 1. The molecule has 2 amide bonds. The number of carbonyl (C=O) groups is 3. The fraction of sp³-hybridized carbons (Fsp3) is 0.208. The highest BCUT2D eigenvalue weighted by atomic mass is 16.4. The molecule has 0 fully saturated rings. The van der Waals surface area contributed by atoms with Crippen LogP contribution in [0.2, 0.25) is 0 Å². The number of aromatic nitrogens is 2. The molecule has 182 valence electrons. The van der Waals surface area contributed by atoms with E-state index in [1.54, 1.807) is 12.1 Å². The number of carboxylic acids is 1. The minimum absolute atomic E-state index is 0.114. The highest BCUT2D eigenvalue weighted by Crippen LogP contribution is 2.32. The van der Waals surface area contributed by atoms with E-state index in [9.17, 15) is 29.4 Å². The third-order valence-corrected chi connectivity index (χ3v) is 5.09. The molecule has 11 heteroatoms. The van der Waals surface area contributed by atoms with Gasteiger partial charge in [-0.2, -0.15) is 0 Å². The third-order valence-electron chi connectivity index (χ3n) is 5.09. The summed E-state index contributed by atoms with van der Waals surface area (Å²) in [4.78, 5) is 53.5. The van der Waals surface area contributed by atoms with Gasteiger partial charge in [0.25, 0.3) is 17.4 Å². The number of amides is 2. The molecule has 0 radical (unpaired) electrons. The smallest absolute Gasteiger partial charge is 0.322 e. The first kappa shape index (κ1) is 25.0. The molecule has 5 N–H and O–H groups in total. The maximum atomic E-state index is 13.2. The van der Waals surface area contributed by atoms with E-state index in [2.05, 4.69) is 10.3 Å². The van der Waals surface area contributed by atoms with Crippen molar-refractivity contribution in [2.75, 3.05) is 11.9 Å². The molecule has 0 spiro atoms. The van der Waals surface area contributed by atoms with Gasteiger partial charge in [-0.15, -0.1) is 0 Å². The van der Waals surface area contributed by atoms with Crippen molar-refractivity contribution < 1.29 is 29.7 Å². The largest absolute Gasteiger partial charge is 0.506 e. The first-order chi connectivity index (χ1) is 16.4. The number of pyridine rings is 2. The Balaban J connectivity index is 2.22. The summed E-state index contributed by atoms with van der Waals surface area (Å²) in [5, 5.41) is 34.9. The molecule has 2 heterocycles. The van der Waals surface area contributed by atoms with E-state index in [-0.39, 0.29) is 16.8 Å². The van der Waals surface area contributed by atoms with Gasteiger partial charge in [0.1, 0.15) is 17.7 Å². The predicted molar refractivity (Wildman–Crippen MR) is 126 cm³/mol. The van der Waals surface area contributed by atoms with Crippen molar-refractivity contribution in [1.29, 1.82) is 0 Å². The van der Waals surface area contributed by atoms with Crippen molar-refractivity contribution in [3.8, 4) is 17.3 Å². The van der Waals surface area contributed by atoms with Crippen molar-refractivity contribution in [2.45, 2.75) is 26.2 Å². The second kappa shape index (κ2) is 9.67. The molecule has 0 saturated heterocycles. The summed E-state index contributed by atoms with van der Waals surface area (Å²) >= 11 is 0. The Morgan fingerprint density at radius 3 is 2.20 bits per heavy atom. The molecular formula is C24H24N4O7. The summed E-state index contributed by atoms with van der Waals surface area (Å²) in [6.07, 6.45) is 2.78. The minimum Gasteiger partial charge on any atom is -0.506 e. The zero-order valence-electron chi connectivity index (χ0n) is 19.2. The van der Waals surface area contributed by atoms with Crippen LogP contribution in [0.1, 0.15) is 47.1 Å². The summed E-state index contributed by atoms with van der Waals surface area (Å²) in [5.41, 5.74) is -1.76. The summed E-state index contributed by atoms with van der Waals surface area (Å²) in [6.45, 7) is 5.12. The molecule has 1 aromatic carbocycles. The Kier molecular flexibility index (Phi) is 6.90. The van der Waals surface area contributed by atoms with E-state index in [0.29, 0.717) is 4.57 Å². The Morgan fingerprint density at radius 2 is 1.66 bits per heavy atom. The lowest BCUT2D eigenvalue weighted by molar-refractivity contribution is -0.135. The molecule has 3 rings (SSSR count). The number of carboxylic acid groups (broad SMARTS) is 1. The van der Waals surface area contributed by atoms with Crippen LogP contribution in [0.5, 0.6) is 11.6 Å². The summed E-state index contributed by atoms with van der Waals surface area (Å²) in [6, 6.07) is 9.50. The zero-order valence-corrected chi connectivity index (χ0v) is 19.2. The van der Waals surface area contributed by atoms with Crippen LogP contribution < -0.4 is 16.2 Å². The number of rotatable bonds is 6. The number of hydrogen-bond donors (Lipinski definition) is 5. The first-order valence-corrected chi connectivity index (χ1v) is 10.4. The molecule has 0 bridgehead atoms. The third kappa shape index (κ3) is 5.29. The van der Waals surface area contributed by atoms with Crippen LogP contribution >= 0.6 is 0 Å². The van der Waals surface area contributed by atoms with E-state index in [1.165, 1.54) is 36.7 Å². The van der Waals surface area contributed by atoms with Gasteiger partial charge < -0.3 is 26.0 Å². The second-order valence-corrected chi connectivity index (χ2v) is 8.63. The van der Waals surface area contributed by atoms with E-state index in [0.717, 1.165) is 5.56 Å². The average molecular weight is 480 g/mol. The molecular weight excluding hydrogens is 456 g/mol. The standard InChI is InChI=1S/C24H24N4O7/c1-24(2,3)13-6-8-15(9-7-13)28-22(34)17(20(32)26-12-16(29)30)19(31)18(23(28)35)21(33)27-14-5-4-10-25-11-14/h4-11,31,35H,12H2,1-3H3,(H,26,32)(H,27,33)(H,29,30). The van der Waals surface area contributed by atoms with Crippen LogP contribution in [0.15, 0.2) is 53.6 Å². The number of nitrogens with one attached hydrogen (secondary N) is 2. The van der Waals surface area contributed by atoms with Crippen molar-refractivity contribution in [2.24, 2.45) is 0 Å². The summed E-state index contributed by atoms with van der Waals surface area (Å²) in [7, 11) is 0. The highest BCUT2D eigenvalue weighted by Gasteiger charge is 2.30. The quantitative estimate of drug-likeness (QED) is 0.357. The van der Waals surface area contributed by atoms with Crippen molar-refractivity contribution >= 4 is 23.5 Å². The highest BCUT2D eigenvalue weighted by molar-refractivity contribution is 6.10. The van der Waals surface area contributed by atoms with Gasteiger partial charge in [0.05, 0.1) is 17.6 Å². The van der Waals surface area contributed by atoms with Crippen LogP contribution in [-0.4, -0.2) is 49.2 Å². The fourth-order valence-corrected chi connectivity index (χ4v) is 3.29. The maximum Gasteiger partial charge on any atom is 0.322 e. The van der Waals surface area contributed by atoms with Crippen LogP contribution in [0, 0.1) is 0 Å². The van der Waals surface area contributed by atoms with Gasteiger partial charge in [0.2, 0.25) is 5.88 Å². The number of anilines is 1. The number of aliphatic carboxylic acids is 1. The Hall–Kier alpha value is -4.67. The SMILES string of the molecule is CC(C)(C)c1ccc(-n2c(O)c(C(=O)Nc3cccnc3)c(O)c(C(=O)NCC(=O)O)c2=O)cc1. The van der Waals surface area contributed by atoms with Gasteiger partial charge in [-0.1, -0.05) is 32.9 Å². The van der Waals surface area contributed by atoms with Crippen molar-refractivity contribution in [3.63, 3.8) is 0 Å². The van der Waals surface area contributed by atoms with Gasteiger partial charge in [-0.3, -0.25) is 24.2 Å². The predicted octanol–water partition coefficient (Wildman–Crippen LogP) is 2.01. The molecule has 0 saturated carbocycles. The Bertz CT molecular complexity index is 1340. The fourth-order valence-electron chi connectivity index (χ4n) is 3.29. The molecule has 0 aliphatic heterocycles. The van der Waals surface area contributed by atoms with E-state index < -0.39 is 52.6 Å². The molecule has 11 nitrogen and oxygen atoms in total. The van der Waals surface area contributed by atoms with E-state index in [1.807, 2.05) is 26.1 Å². The first-order valence-electron chi connectivity index (χ1n) is 10.4. The molecule has 2 aromatic heterocycles. The molecule has 0 atom stereocenters. The van der Waals surface area contributed by atoms with Gasteiger partial charge in [-0.05, 0) is 35.2 Å². The lowest BCUT2D eigenvalue weighted by atomic mass is 9.87. The van der Waals surface area contributed by atoms with Gasteiger partial charge in [0, 0.05) is 6.20 Å². The van der Waals surface area contributed by atoms with E-state index in [4.69, 9.17) is 5.11 Å². The summed E-state index contributed by atoms with van der Waals surface area (Å²) in [5.74, 6) is -5.65. The van der Waals surface area contributed by atoms with Crippen LogP contribution in [-0.2, 0) is 10.2 Å². The normalized spacial score (nSPS) is 11.1. The van der Waals surface area contributed by atoms with Crippen LogP contribution in [0.3, 0.4) is 0 Å². The summed E-state index contributed by atoms with van der Waals surface area (Å²) < 4.78 is 0.694. The van der Waals surface area contributed by atoms with Crippen molar-refractivity contribution in [1.82, 2.24) is 14.9 Å². The molecule has 0 unspecified atom stereocenters. The minimum atomic E-state index is -1.38.